The van der Waals surface area contributed by atoms with E-state index in [1.165, 1.54) is 5.56 Å². The molecule has 0 aliphatic carbocycles. The number of esters is 1. The topological polar surface area (TPSA) is 74.4 Å². The van der Waals surface area contributed by atoms with Crippen LogP contribution in [0.3, 0.4) is 0 Å². The zero-order valence-corrected chi connectivity index (χ0v) is 15.6. The van der Waals surface area contributed by atoms with Crippen LogP contribution in [0.2, 0.25) is 0 Å². The van der Waals surface area contributed by atoms with Crippen molar-refractivity contribution in [2.75, 3.05) is 13.2 Å². The van der Waals surface area contributed by atoms with Crippen molar-refractivity contribution in [2.24, 2.45) is 11.7 Å². The SMILES string of the molecule is CCOC(=O)CC(C)Cc1ccc(OCCC(N)c2ccccn2)cc1. The third-order valence-electron chi connectivity index (χ3n) is 4.09. The Morgan fingerprint density at radius 3 is 2.62 bits per heavy atom. The van der Waals surface area contributed by atoms with Crippen LogP contribution >= 0.6 is 0 Å². The molecule has 2 rings (SSSR count). The summed E-state index contributed by atoms with van der Waals surface area (Å²) < 4.78 is 10.8. The van der Waals surface area contributed by atoms with Crippen molar-refractivity contribution >= 4 is 5.97 Å². The van der Waals surface area contributed by atoms with Crippen LogP contribution in [0.5, 0.6) is 5.75 Å². The van der Waals surface area contributed by atoms with Crippen LogP contribution in [0.25, 0.3) is 0 Å². The van der Waals surface area contributed by atoms with Crippen LogP contribution in [0, 0.1) is 5.92 Å². The predicted molar refractivity (Wildman–Crippen MR) is 102 cm³/mol. The summed E-state index contributed by atoms with van der Waals surface area (Å²) in [6.07, 6.45) is 3.73. The lowest BCUT2D eigenvalue weighted by Crippen LogP contribution is -2.15. The molecule has 0 aliphatic heterocycles. The molecule has 0 saturated heterocycles. The second kappa shape index (κ2) is 10.6. The van der Waals surface area contributed by atoms with Crippen molar-refractivity contribution in [1.29, 1.82) is 0 Å². The average Bonchev–Trinajstić information content (AvgIpc) is 2.64. The Morgan fingerprint density at radius 1 is 1.19 bits per heavy atom. The maximum Gasteiger partial charge on any atom is 0.306 e. The molecule has 1 aromatic carbocycles. The highest BCUT2D eigenvalue weighted by Gasteiger charge is 2.11. The standard InChI is InChI=1S/C21H28N2O3/c1-3-25-21(24)15-16(2)14-17-7-9-18(10-8-17)26-13-11-19(22)20-6-4-5-12-23-20/h4-10,12,16,19H,3,11,13-15,22H2,1-2H3. The molecule has 0 radical (unpaired) electrons. The lowest BCUT2D eigenvalue weighted by Gasteiger charge is -2.13. The molecule has 0 aliphatic rings. The van der Waals surface area contributed by atoms with Crippen molar-refractivity contribution < 1.29 is 14.3 Å². The summed E-state index contributed by atoms with van der Waals surface area (Å²) in [5, 5.41) is 0. The highest BCUT2D eigenvalue weighted by molar-refractivity contribution is 5.69. The van der Waals surface area contributed by atoms with E-state index in [0.717, 1.165) is 17.9 Å². The maximum absolute atomic E-state index is 11.5. The van der Waals surface area contributed by atoms with Crippen LogP contribution in [-0.4, -0.2) is 24.2 Å². The van der Waals surface area contributed by atoms with Gasteiger partial charge in [0, 0.05) is 19.0 Å². The van der Waals surface area contributed by atoms with E-state index in [1.807, 2.05) is 49.4 Å². The number of nitrogens with two attached hydrogens (primary N) is 1. The highest BCUT2D eigenvalue weighted by Crippen LogP contribution is 2.18. The average molecular weight is 356 g/mol. The lowest BCUT2D eigenvalue weighted by atomic mass is 9.98. The van der Waals surface area contributed by atoms with Crippen LogP contribution in [0.1, 0.15) is 44.0 Å². The molecule has 0 spiro atoms. The van der Waals surface area contributed by atoms with Gasteiger partial charge in [-0.3, -0.25) is 9.78 Å². The van der Waals surface area contributed by atoms with Gasteiger partial charge in [0.25, 0.3) is 0 Å². The van der Waals surface area contributed by atoms with Gasteiger partial charge in [-0.05, 0) is 49.1 Å². The summed E-state index contributed by atoms with van der Waals surface area (Å²) in [5.41, 5.74) is 8.18. The van der Waals surface area contributed by atoms with Gasteiger partial charge < -0.3 is 15.2 Å². The van der Waals surface area contributed by atoms with Gasteiger partial charge in [-0.15, -0.1) is 0 Å². The molecule has 0 saturated carbocycles. The minimum absolute atomic E-state index is 0.126. The molecule has 2 aromatic rings. The lowest BCUT2D eigenvalue weighted by molar-refractivity contribution is -0.144. The number of carbonyl (C=O) groups excluding carboxylic acids is 1. The molecule has 2 unspecified atom stereocenters. The number of hydrogen-bond acceptors (Lipinski definition) is 5. The minimum Gasteiger partial charge on any atom is -0.494 e. The first-order valence-corrected chi connectivity index (χ1v) is 9.12. The van der Waals surface area contributed by atoms with Crippen molar-refractivity contribution in [3.05, 3.63) is 59.9 Å². The first kappa shape index (κ1) is 19.9. The molecule has 5 nitrogen and oxygen atoms in total. The van der Waals surface area contributed by atoms with Gasteiger partial charge in [0.1, 0.15) is 5.75 Å². The molecule has 2 atom stereocenters. The number of aromatic nitrogens is 1. The third kappa shape index (κ3) is 6.84. The summed E-state index contributed by atoms with van der Waals surface area (Å²) in [6.45, 7) is 4.85. The first-order valence-electron chi connectivity index (χ1n) is 9.12. The number of pyridine rings is 1. The second-order valence-electron chi connectivity index (χ2n) is 6.46. The third-order valence-corrected chi connectivity index (χ3v) is 4.09. The summed E-state index contributed by atoms with van der Waals surface area (Å²) >= 11 is 0. The quantitative estimate of drug-likeness (QED) is 0.657. The predicted octanol–water partition coefficient (Wildman–Crippen LogP) is 3.68. The fraction of sp³-hybridized carbons (Fsp3) is 0.429. The Kier molecular flexibility index (Phi) is 8.09. The van der Waals surface area contributed by atoms with E-state index in [2.05, 4.69) is 11.9 Å². The second-order valence-corrected chi connectivity index (χ2v) is 6.46. The zero-order valence-electron chi connectivity index (χ0n) is 15.6. The van der Waals surface area contributed by atoms with Crippen molar-refractivity contribution in [3.63, 3.8) is 0 Å². The molecule has 26 heavy (non-hydrogen) atoms. The van der Waals surface area contributed by atoms with E-state index in [0.29, 0.717) is 26.1 Å². The van der Waals surface area contributed by atoms with Crippen LogP contribution in [0.4, 0.5) is 0 Å². The van der Waals surface area contributed by atoms with Crippen molar-refractivity contribution in [2.45, 2.75) is 39.2 Å². The van der Waals surface area contributed by atoms with Gasteiger partial charge >= 0.3 is 5.97 Å². The summed E-state index contributed by atoms with van der Waals surface area (Å²) in [7, 11) is 0. The molecule has 5 heteroatoms. The van der Waals surface area contributed by atoms with E-state index >= 15 is 0 Å². The Bertz CT molecular complexity index is 659. The van der Waals surface area contributed by atoms with Gasteiger partial charge in [0.15, 0.2) is 0 Å². The number of nitrogens with zero attached hydrogens (tertiary/aromatic N) is 1. The molecule has 140 valence electrons. The molecular weight excluding hydrogens is 328 g/mol. The van der Waals surface area contributed by atoms with Gasteiger partial charge in [-0.2, -0.15) is 0 Å². The van der Waals surface area contributed by atoms with Crippen molar-refractivity contribution in [1.82, 2.24) is 4.98 Å². The number of ether oxygens (including phenoxy) is 2. The summed E-state index contributed by atoms with van der Waals surface area (Å²) in [6, 6.07) is 13.6. The first-order chi connectivity index (χ1) is 12.6. The van der Waals surface area contributed by atoms with Gasteiger partial charge in [-0.1, -0.05) is 25.1 Å². The molecule has 0 amide bonds. The van der Waals surface area contributed by atoms with E-state index in [9.17, 15) is 4.79 Å². The molecule has 1 heterocycles. The van der Waals surface area contributed by atoms with Gasteiger partial charge in [0.2, 0.25) is 0 Å². The van der Waals surface area contributed by atoms with E-state index in [-0.39, 0.29) is 17.9 Å². The fourth-order valence-electron chi connectivity index (χ4n) is 2.75. The Hall–Kier alpha value is -2.40. The van der Waals surface area contributed by atoms with Crippen LogP contribution < -0.4 is 10.5 Å². The molecule has 0 fully saturated rings. The molecule has 1 aromatic heterocycles. The van der Waals surface area contributed by atoms with Gasteiger partial charge in [0.05, 0.1) is 24.9 Å². The van der Waals surface area contributed by atoms with E-state index in [1.54, 1.807) is 6.20 Å². The van der Waals surface area contributed by atoms with Crippen molar-refractivity contribution in [3.8, 4) is 5.75 Å². The number of benzene rings is 1. The maximum atomic E-state index is 11.5. The number of carbonyl (C=O) groups is 1. The molecular formula is C21H28N2O3. The number of hydrogen-bond donors (Lipinski definition) is 1. The molecule has 0 bridgehead atoms. The normalized spacial score (nSPS) is 13.0. The van der Waals surface area contributed by atoms with Crippen LogP contribution in [-0.2, 0) is 16.0 Å². The zero-order chi connectivity index (χ0) is 18.8. The highest BCUT2D eigenvalue weighted by atomic mass is 16.5. The minimum atomic E-state index is -0.135. The van der Waals surface area contributed by atoms with Gasteiger partial charge in [-0.25, -0.2) is 0 Å². The van der Waals surface area contributed by atoms with E-state index in [4.69, 9.17) is 15.2 Å². The fourth-order valence-corrected chi connectivity index (χ4v) is 2.75. The van der Waals surface area contributed by atoms with Crippen LogP contribution in [0.15, 0.2) is 48.7 Å². The Balaban J connectivity index is 1.74. The monoisotopic (exact) mass is 356 g/mol. The Morgan fingerprint density at radius 2 is 1.96 bits per heavy atom. The summed E-state index contributed by atoms with van der Waals surface area (Å²) in [4.78, 5) is 15.8. The number of rotatable bonds is 10. The largest absolute Gasteiger partial charge is 0.494 e. The smallest absolute Gasteiger partial charge is 0.306 e. The summed E-state index contributed by atoms with van der Waals surface area (Å²) in [5.74, 6) is 0.932. The van der Waals surface area contributed by atoms with E-state index < -0.39 is 0 Å². The molecule has 2 N–H and O–H groups in total. The Labute approximate surface area is 155 Å².